The average molecular weight is 181 g/mol. The van der Waals surface area contributed by atoms with Gasteiger partial charge in [-0.2, -0.15) is 5.26 Å². The molecule has 0 aliphatic carbocycles. The smallest absolute Gasteiger partial charge is 0.149 e. The molecule has 5 heteroatoms. The van der Waals surface area contributed by atoms with Gasteiger partial charge in [0.05, 0.1) is 21.4 Å². The summed E-state index contributed by atoms with van der Waals surface area (Å²) in [5.41, 5.74) is -0.467. The summed E-state index contributed by atoms with van der Waals surface area (Å²) in [5, 5.41) is 8.18. The van der Waals surface area contributed by atoms with E-state index in [9.17, 15) is 0 Å². The second kappa shape index (κ2) is 5.88. The van der Waals surface area contributed by atoms with E-state index in [-0.39, 0.29) is 15.4 Å². The maximum atomic E-state index is 8.18. The molecule has 0 aromatic carbocycles. The molecular weight excluding hydrogens is 170 g/mol. The SMILES string of the molecule is CN(C)POC(Cl)CC#N. The summed E-state index contributed by atoms with van der Waals surface area (Å²) >= 11 is 5.56. The Morgan fingerprint density at radius 1 is 1.80 bits per heavy atom. The molecule has 0 aliphatic heterocycles. The first kappa shape index (κ1) is 10.1. The highest BCUT2D eigenvalue weighted by Gasteiger charge is 2.02. The van der Waals surface area contributed by atoms with Crippen LogP contribution < -0.4 is 0 Å². The van der Waals surface area contributed by atoms with Gasteiger partial charge in [0.1, 0.15) is 5.56 Å². The first-order valence-corrected chi connectivity index (χ1v) is 4.05. The van der Waals surface area contributed by atoms with Crippen LogP contribution in [-0.4, -0.2) is 24.3 Å². The van der Waals surface area contributed by atoms with Gasteiger partial charge < -0.3 is 4.52 Å². The van der Waals surface area contributed by atoms with Crippen LogP contribution in [-0.2, 0) is 4.52 Å². The minimum absolute atomic E-state index is 0.229. The molecule has 0 N–H and O–H groups in total. The van der Waals surface area contributed by atoms with Crippen molar-refractivity contribution in [1.82, 2.24) is 4.67 Å². The number of halogens is 1. The highest BCUT2D eigenvalue weighted by molar-refractivity contribution is 7.29. The predicted molar refractivity (Wildman–Crippen MR) is 43.0 cm³/mol. The first-order valence-electron chi connectivity index (χ1n) is 2.76. The first-order chi connectivity index (χ1) is 4.66. The molecule has 10 heavy (non-hydrogen) atoms. The summed E-state index contributed by atoms with van der Waals surface area (Å²) in [6.07, 6.45) is 0.238. The number of alkyl halides is 1. The summed E-state index contributed by atoms with van der Waals surface area (Å²) in [4.78, 5) is 0. The quantitative estimate of drug-likeness (QED) is 0.487. The third kappa shape index (κ3) is 6.25. The molecule has 0 heterocycles. The molecule has 0 saturated heterocycles. The second-order valence-corrected chi connectivity index (χ2v) is 3.68. The molecule has 3 nitrogen and oxygen atoms in total. The van der Waals surface area contributed by atoms with Crippen molar-refractivity contribution in [3.05, 3.63) is 0 Å². The van der Waals surface area contributed by atoms with Gasteiger partial charge in [0.2, 0.25) is 0 Å². The van der Waals surface area contributed by atoms with Gasteiger partial charge in [-0.15, -0.1) is 0 Å². The molecule has 0 bridgehead atoms. The van der Waals surface area contributed by atoms with Gasteiger partial charge >= 0.3 is 0 Å². The van der Waals surface area contributed by atoms with Crippen LogP contribution in [0.1, 0.15) is 6.42 Å². The third-order valence-electron chi connectivity index (χ3n) is 0.615. The lowest BCUT2D eigenvalue weighted by Crippen LogP contribution is -2.03. The zero-order valence-electron chi connectivity index (χ0n) is 5.97. The van der Waals surface area contributed by atoms with Crippen molar-refractivity contribution < 1.29 is 4.52 Å². The van der Waals surface area contributed by atoms with Crippen LogP contribution in [0.25, 0.3) is 0 Å². The summed E-state index contributed by atoms with van der Waals surface area (Å²) in [7, 11) is 4.00. The third-order valence-corrected chi connectivity index (χ3v) is 1.76. The Labute approximate surface area is 67.8 Å². The standard InChI is InChI=1S/C5H10ClN2OP/c1-8(2)10-9-5(6)3-4-7/h5,10H,3H2,1-2H3. The van der Waals surface area contributed by atoms with Gasteiger partial charge in [0.15, 0.2) is 0 Å². The highest BCUT2D eigenvalue weighted by atomic mass is 35.5. The van der Waals surface area contributed by atoms with Crippen LogP contribution in [0.2, 0.25) is 0 Å². The van der Waals surface area contributed by atoms with Crippen LogP contribution in [0.15, 0.2) is 0 Å². The molecule has 0 aliphatic rings. The number of hydrogen-bond acceptors (Lipinski definition) is 3. The number of nitriles is 1. The Hall–Kier alpha value is 0.130. The molecule has 58 valence electrons. The van der Waals surface area contributed by atoms with Crippen LogP contribution in [0.5, 0.6) is 0 Å². The van der Waals surface area contributed by atoms with Gasteiger partial charge in [-0.3, -0.25) is 4.67 Å². The second-order valence-electron chi connectivity index (χ2n) is 1.88. The largest absolute Gasteiger partial charge is 0.326 e. The van der Waals surface area contributed by atoms with E-state index in [2.05, 4.69) is 0 Å². The number of nitrogens with zero attached hydrogens (tertiary/aromatic N) is 2. The molecule has 0 radical (unpaired) electrons. The molecule has 0 saturated carbocycles. The number of hydrogen-bond donors (Lipinski definition) is 0. The Balaban J connectivity index is 3.23. The topological polar surface area (TPSA) is 36.3 Å². The van der Waals surface area contributed by atoms with Crippen molar-refractivity contribution in [2.45, 2.75) is 12.0 Å². The molecule has 2 unspecified atom stereocenters. The van der Waals surface area contributed by atoms with Crippen LogP contribution in [0.3, 0.4) is 0 Å². The molecule has 0 aromatic rings. The van der Waals surface area contributed by atoms with Gasteiger partial charge in [0, 0.05) is 0 Å². The van der Waals surface area contributed by atoms with Crippen molar-refractivity contribution in [3.8, 4) is 6.07 Å². The summed E-state index contributed by atoms with van der Waals surface area (Å²) in [5.74, 6) is 0. The fourth-order valence-corrected chi connectivity index (χ4v) is 0.873. The van der Waals surface area contributed by atoms with Crippen molar-refractivity contribution in [1.29, 1.82) is 5.26 Å². The van der Waals surface area contributed by atoms with E-state index in [4.69, 9.17) is 21.4 Å². The summed E-state index contributed by atoms with van der Waals surface area (Å²) in [6.45, 7) is 0. The van der Waals surface area contributed by atoms with E-state index >= 15 is 0 Å². The molecule has 0 rings (SSSR count). The van der Waals surface area contributed by atoms with E-state index in [1.165, 1.54) is 0 Å². The Bertz CT molecular complexity index is 125. The molecule has 0 fully saturated rings. The van der Waals surface area contributed by atoms with E-state index in [1.54, 1.807) is 0 Å². The minimum atomic E-state index is -0.467. The van der Waals surface area contributed by atoms with Crippen LogP contribution in [0, 0.1) is 11.3 Å². The van der Waals surface area contributed by atoms with Gasteiger partial charge in [-0.05, 0) is 14.1 Å². The lowest BCUT2D eigenvalue weighted by atomic mass is 10.5. The van der Waals surface area contributed by atoms with E-state index < -0.39 is 5.56 Å². The number of rotatable bonds is 4. The van der Waals surface area contributed by atoms with Crippen molar-refractivity contribution in [3.63, 3.8) is 0 Å². The summed E-state index contributed by atoms with van der Waals surface area (Å²) < 4.78 is 6.91. The Morgan fingerprint density at radius 2 is 2.40 bits per heavy atom. The van der Waals surface area contributed by atoms with E-state index in [1.807, 2.05) is 24.8 Å². The van der Waals surface area contributed by atoms with Crippen molar-refractivity contribution in [2.75, 3.05) is 14.1 Å². The van der Waals surface area contributed by atoms with E-state index in [0.717, 1.165) is 0 Å². The van der Waals surface area contributed by atoms with Crippen molar-refractivity contribution in [2.24, 2.45) is 0 Å². The molecule has 0 spiro atoms. The van der Waals surface area contributed by atoms with Gasteiger partial charge in [-0.25, -0.2) is 0 Å². The van der Waals surface area contributed by atoms with Crippen molar-refractivity contribution >= 4 is 20.6 Å². The minimum Gasteiger partial charge on any atom is -0.326 e. The van der Waals surface area contributed by atoms with E-state index in [0.29, 0.717) is 0 Å². The molecule has 0 amide bonds. The van der Waals surface area contributed by atoms with Crippen LogP contribution >= 0.6 is 20.6 Å². The fraction of sp³-hybridized carbons (Fsp3) is 0.800. The molecule has 0 aromatic heterocycles. The van der Waals surface area contributed by atoms with Gasteiger partial charge in [-0.1, -0.05) is 11.6 Å². The monoisotopic (exact) mass is 180 g/mol. The Morgan fingerprint density at radius 3 is 2.80 bits per heavy atom. The predicted octanol–water partition coefficient (Wildman–Crippen LogP) is 1.55. The lowest BCUT2D eigenvalue weighted by molar-refractivity contribution is 0.310. The molecule has 2 atom stereocenters. The summed E-state index contributed by atoms with van der Waals surface area (Å²) in [6, 6.07) is 1.92. The fourth-order valence-electron chi connectivity index (χ4n) is 0.276. The average Bonchev–Trinajstić information content (AvgIpc) is 1.85. The maximum absolute atomic E-state index is 8.18. The lowest BCUT2D eigenvalue weighted by Gasteiger charge is -2.11. The van der Waals surface area contributed by atoms with Crippen LogP contribution in [0.4, 0.5) is 0 Å². The normalized spacial score (nSPS) is 14.3. The molecular formula is C5H10ClN2OP. The van der Waals surface area contributed by atoms with Gasteiger partial charge in [0.25, 0.3) is 0 Å². The maximum Gasteiger partial charge on any atom is 0.149 e. The highest BCUT2D eigenvalue weighted by Crippen LogP contribution is 2.20. The zero-order valence-corrected chi connectivity index (χ0v) is 7.72. The zero-order chi connectivity index (χ0) is 7.98. The Kier molecular flexibility index (Phi) is 5.96.